The van der Waals surface area contributed by atoms with Crippen molar-refractivity contribution in [3.8, 4) is 0 Å². The number of ether oxygens (including phenoxy) is 2. The molecular weight excluding hydrogens is 252 g/mol. The van der Waals surface area contributed by atoms with Crippen molar-refractivity contribution in [2.75, 3.05) is 0 Å². The van der Waals surface area contributed by atoms with Gasteiger partial charge in [-0.05, 0) is 44.4 Å². The lowest BCUT2D eigenvalue weighted by atomic mass is 9.75. The molecule has 4 atom stereocenters. The SMILES string of the molecule is CC1=C(C)[C@@]2(C)O[C@]1(C)[C@H](O)[C@@H]2OCc1ccccc1. The van der Waals surface area contributed by atoms with Crippen LogP contribution in [0.25, 0.3) is 0 Å². The van der Waals surface area contributed by atoms with E-state index in [1.807, 2.05) is 51.1 Å². The average molecular weight is 274 g/mol. The molecule has 2 aliphatic rings. The lowest BCUT2D eigenvalue weighted by molar-refractivity contribution is -0.0768. The average Bonchev–Trinajstić information content (AvgIpc) is 2.75. The van der Waals surface area contributed by atoms with Gasteiger partial charge in [0, 0.05) is 0 Å². The van der Waals surface area contributed by atoms with Crippen LogP contribution in [0, 0.1) is 0 Å². The van der Waals surface area contributed by atoms with Crippen LogP contribution in [0.2, 0.25) is 0 Å². The monoisotopic (exact) mass is 274 g/mol. The van der Waals surface area contributed by atoms with Crippen molar-refractivity contribution in [3.05, 3.63) is 47.0 Å². The van der Waals surface area contributed by atoms with Crippen molar-refractivity contribution in [2.45, 2.75) is 57.7 Å². The third kappa shape index (κ3) is 1.70. The fourth-order valence-electron chi connectivity index (χ4n) is 3.49. The second kappa shape index (κ2) is 4.42. The van der Waals surface area contributed by atoms with Gasteiger partial charge < -0.3 is 14.6 Å². The largest absolute Gasteiger partial charge is 0.387 e. The molecule has 1 N–H and O–H groups in total. The molecule has 1 saturated heterocycles. The van der Waals surface area contributed by atoms with Gasteiger partial charge in [0.15, 0.2) is 0 Å². The number of aliphatic hydroxyl groups excluding tert-OH is 1. The van der Waals surface area contributed by atoms with Crippen LogP contribution in [-0.2, 0) is 16.1 Å². The lowest BCUT2D eigenvalue weighted by Gasteiger charge is -2.34. The van der Waals surface area contributed by atoms with Crippen molar-refractivity contribution in [1.82, 2.24) is 0 Å². The number of hydrogen-bond acceptors (Lipinski definition) is 3. The van der Waals surface area contributed by atoms with E-state index in [0.29, 0.717) is 6.61 Å². The molecule has 2 aliphatic heterocycles. The van der Waals surface area contributed by atoms with Crippen molar-refractivity contribution in [1.29, 1.82) is 0 Å². The highest BCUT2D eigenvalue weighted by molar-refractivity contribution is 5.42. The molecule has 2 heterocycles. The van der Waals surface area contributed by atoms with Crippen molar-refractivity contribution in [3.63, 3.8) is 0 Å². The van der Waals surface area contributed by atoms with E-state index in [0.717, 1.165) is 11.1 Å². The Labute approximate surface area is 120 Å². The molecule has 20 heavy (non-hydrogen) atoms. The number of benzene rings is 1. The Bertz CT molecular complexity index is 551. The Balaban J connectivity index is 1.82. The highest BCUT2D eigenvalue weighted by Crippen LogP contribution is 2.54. The summed E-state index contributed by atoms with van der Waals surface area (Å²) < 4.78 is 12.1. The molecule has 0 aromatic heterocycles. The summed E-state index contributed by atoms with van der Waals surface area (Å²) in [5, 5.41) is 10.6. The summed E-state index contributed by atoms with van der Waals surface area (Å²) in [6.07, 6.45) is -0.948. The molecule has 0 aliphatic carbocycles. The zero-order chi connectivity index (χ0) is 14.5. The predicted octanol–water partition coefficient (Wildman–Crippen LogP) is 2.83. The lowest BCUT2D eigenvalue weighted by Crippen LogP contribution is -2.49. The minimum atomic E-state index is -0.625. The summed E-state index contributed by atoms with van der Waals surface area (Å²) in [6.45, 7) is 8.57. The third-order valence-corrected chi connectivity index (χ3v) is 5.14. The van der Waals surface area contributed by atoms with Crippen LogP contribution >= 0.6 is 0 Å². The van der Waals surface area contributed by atoms with E-state index in [1.54, 1.807) is 0 Å². The van der Waals surface area contributed by atoms with Crippen LogP contribution in [0.3, 0.4) is 0 Å². The minimum Gasteiger partial charge on any atom is -0.387 e. The summed E-state index contributed by atoms with van der Waals surface area (Å²) in [5.74, 6) is 0. The van der Waals surface area contributed by atoms with E-state index in [-0.39, 0.29) is 6.10 Å². The first-order valence-electron chi connectivity index (χ1n) is 7.12. The van der Waals surface area contributed by atoms with E-state index < -0.39 is 17.3 Å². The van der Waals surface area contributed by atoms with Gasteiger partial charge in [0.25, 0.3) is 0 Å². The van der Waals surface area contributed by atoms with Crippen molar-refractivity contribution < 1.29 is 14.6 Å². The highest BCUT2D eigenvalue weighted by atomic mass is 16.6. The molecule has 3 rings (SSSR count). The van der Waals surface area contributed by atoms with Gasteiger partial charge in [0.1, 0.15) is 23.4 Å². The Morgan fingerprint density at radius 2 is 1.70 bits per heavy atom. The van der Waals surface area contributed by atoms with Gasteiger partial charge in [-0.3, -0.25) is 0 Å². The van der Waals surface area contributed by atoms with Crippen LogP contribution in [-0.4, -0.2) is 28.5 Å². The first-order valence-corrected chi connectivity index (χ1v) is 7.12. The van der Waals surface area contributed by atoms with Gasteiger partial charge in [0.2, 0.25) is 0 Å². The summed E-state index contributed by atoms with van der Waals surface area (Å²) in [5.41, 5.74) is 2.29. The van der Waals surface area contributed by atoms with Crippen molar-refractivity contribution >= 4 is 0 Å². The summed E-state index contributed by atoms with van der Waals surface area (Å²) in [6, 6.07) is 10.0. The Hall–Kier alpha value is -1.16. The van der Waals surface area contributed by atoms with Gasteiger partial charge in [-0.2, -0.15) is 0 Å². The first kappa shape index (κ1) is 13.8. The second-order valence-corrected chi connectivity index (χ2v) is 6.23. The third-order valence-electron chi connectivity index (χ3n) is 5.14. The fourth-order valence-corrected chi connectivity index (χ4v) is 3.49. The Morgan fingerprint density at radius 1 is 1.10 bits per heavy atom. The summed E-state index contributed by atoms with van der Waals surface area (Å²) in [4.78, 5) is 0. The van der Waals surface area contributed by atoms with E-state index >= 15 is 0 Å². The fraction of sp³-hybridized carbons (Fsp3) is 0.529. The number of hydrogen-bond donors (Lipinski definition) is 1. The maximum atomic E-state index is 10.6. The standard InChI is InChI=1S/C17H22O3/c1-11-12(2)17(4)15(14(18)16(11,3)20-17)19-10-13-8-6-5-7-9-13/h5-9,14-15,18H,10H2,1-4H3/t14-,15+,16+,17-/m1/s1. The number of fused-ring (bicyclic) bond motifs is 2. The molecule has 108 valence electrons. The molecule has 3 heteroatoms. The molecule has 1 aromatic carbocycles. The minimum absolute atomic E-state index is 0.323. The molecular formula is C17H22O3. The van der Waals surface area contributed by atoms with Crippen LogP contribution in [0.15, 0.2) is 41.5 Å². The maximum Gasteiger partial charge on any atom is 0.119 e. The molecule has 0 amide bonds. The number of rotatable bonds is 3. The molecule has 3 nitrogen and oxygen atoms in total. The topological polar surface area (TPSA) is 38.7 Å². The van der Waals surface area contributed by atoms with Crippen LogP contribution < -0.4 is 0 Å². The molecule has 0 saturated carbocycles. The van der Waals surface area contributed by atoms with Crippen LogP contribution in [0.4, 0.5) is 0 Å². The van der Waals surface area contributed by atoms with Gasteiger partial charge in [-0.1, -0.05) is 30.3 Å². The van der Waals surface area contributed by atoms with Crippen LogP contribution in [0.1, 0.15) is 33.3 Å². The first-order chi connectivity index (χ1) is 9.39. The quantitative estimate of drug-likeness (QED) is 0.861. The molecule has 0 unspecified atom stereocenters. The van der Waals surface area contributed by atoms with E-state index in [9.17, 15) is 5.11 Å². The maximum absolute atomic E-state index is 10.6. The molecule has 1 aromatic rings. The van der Waals surface area contributed by atoms with E-state index in [2.05, 4.69) is 6.92 Å². The second-order valence-electron chi connectivity index (χ2n) is 6.23. The van der Waals surface area contributed by atoms with E-state index in [1.165, 1.54) is 5.57 Å². The molecule has 2 bridgehead atoms. The summed E-state index contributed by atoms with van der Waals surface area (Å²) in [7, 11) is 0. The molecule has 0 radical (unpaired) electrons. The predicted molar refractivity (Wildman–Crippen MR) is 77.3 cm³/mol. The van der Waals surface area contributed by atoms with Gasteiger partial charge in [-0.15, -0.1) is 0 Å². The molecule has 0 spiro atoms. The molecule has 1 fully saturated rings. The summed E-state index contributed by atoms with van der Waals surface area (Å²) >= 11 is 0. The van der Waals surface area contributed by atoms with Gasteiger partial charge in [0.05, 0.1) is 6.61 Å². The van der Waals surface area contributed by atoms with E-state index in [4.69, 9.17) is 9.47 Å². The smallest absolute Gasteiger partial charge is 0.119 e. The zero-order valence-corrected chi connectivity index (χ0v) is 12.5. The Morgan fingerprint density at radius 3 is 2.30 bits per heavy atom. The van der Waals surface area contributed by atoms with Crippen LogP contribution in [0.5, 0.6) is 0 Å². The Kier molecular flexibility index (Phi) is 3.05. The van der Waals surface area contributed by atoms with Gasteiger partial charge >= 0.3 is 0 Å². The number of aliphatic hydroxyl groups is 1. The zero-order valence-electron chi connectivity index (χ0n) is 12.5. The normalized spacial score (nSPS) is 39.6. The van der Waals surface area contributed by atoms with Crippen molar-refractivity contribution in [2.24, 2.45) is 0 Å². The highest BCUT2D eigenvalue weighted by Gasteiger charge is 2.65. The van der Waals surface area contributed by atoms with Gasteiger partial charge in [-0.25, -0.2) is 0 Å².